The molecule has 16 heavy (non-hydrogen) atoms. The number of ether oxygens (including phenoxy) is 2. The Kier molecular flexibility index (Phi) is 4.82. The first-order chi connectivity index (χ1) is 7.72. The zero-order chi connectivity index (χ0) is 12.0. The van der Waals surface area contributed by atoms with Crippen molar-refractivity contribution in [3.05, 3.63) is 36.4 Å². The predicted molar refractivity (Wildman–Crippen MR) is 62.7 cm³/mol. The quantitative estimate of drug-likeness (QED) is 0.712. The number of nitrogens with two attached hydrogens (primary N) is 1. The minimum atomic E-state index is -0.406. The molecule has 1 aromatic carbocycles. The highest BCUT2D eigenvalue weighted by atomic mass is 16.5. The van der Waals surface area contributed by atoms with Crippen LogP contribution in [0.5, 0.6) is 11.5 Å². The Hall–Kier alpha value is -1.52. The molecule has 1 aromatic rings. The number of benzene rings is 1. The van der Waals surface area contributed by atoms with Crippen molar-refractivity contribution in [3.8, 4) is 11.5 Å². The van der Waals surface area contributed by atoms with Crippen molar-refractivity contribution in [1.29, 1.82) is 0 Å². The summed E-state index contributed by atoms with van der Waals surface area (Å²) in [5.41, 5.74) is 6.52. The second-order valence-electron chi connectivity index (χ2n) is 3.30. The van der Waals surface area contributed by atoms with Crippen LogP contribution in [0.1, 0.15) is 11.6 Å². The molecule has 0 aliphatic carbocycles. The van der Waals surface area contributed by atoms with Gasteiger partial charge in [-0.2, -0.15) is 0 Å². The van der Waals surface area contributed by atoms with Gasteiger partial charge in [0.05, 0.1) is 19.8 Å². The van der Waals surface area contributed by atoms with Crippen molar-refractivity contribution in [3.63, 3.8) is 0 Å². The lowest BCUT2D eigenvalue weighted by Gasteiger charge is -2.13. The molecule has 4 nitrogen and oxygen atoms in total. The Bertz CT molecular complexity index is 352. The van der Waals surface area contributed by atoms with E-state index >= 15 is 0 Å². The molecule has 0 aromatic heterocycles. The smallest absolute Gasteiger partial charge is 0.161 e. The normalized spacial score (nSPS) is 11.9. The molecule has 0 unspecified atom stereocenters. The van der Waals surface area contributed by atoms with Gasteiger partial charge in [0.2, 0.25) is 0 Å². The number of methoxy groups -OCH3 is 1. The fraction of sp³-hybridized carbons (Fsp3) is 0.333. The highest BCUT2D eigenvalue weighted by molar-refractivity contribution is 5.43. The molecule has 4 heteroatoms. The molecular formula is C12H17NO3. The average Bonchev–Trinajstić information content (AvgIpc) is 2.34. The van der Waals surface area contributed by atoms with E-state index in [0.717, 1.165) is 5.56 Å². The van der Waals surface area contributed by atoms with Gasteiger partial charge in [-0.1, -0.05) is 18.7 Å². The maximum Gasteiger partial charge on any atom is 0.161 e. The molecule has 0 radical (unpaired) electrons. The Morgan fingerprint density at radius 3 is 2.81 bits per heavy atom. The van der Waals surface area contributed by atoms with E-state index < -0.39 is 6.04 Å². The first kappa shape index (κ1) is 12.5. The monoisotopic (exact) mass is 223 g/mol. The molecule has 3 N–H and O–H groups in total. The zero-order valence-electron chi connectivity index (χ0n) is 9.35. The number of aliphatic hydroxyl groups excluding tert-OH is 1. The first-order valence-electron chi connectivity index (χ1n) is 5.01. The van der Waals surface area contributed by atoms with Gasteiger partial charge in [-0.3, -0.25) is 0 Å². The highest BCUT2D eigenvalue weighted by Gasteiger charge is 2.09. The van der Waals surface area contributed by atoms with Crippen LogP contribution >= 0.6 is 0 Å². The zero-order valence-corrected chi connectivity index (χ0v) is 9.35. The standard InChI is InChI=1S/C12H17NO3/c1-3-6-16-12-7-9(10(13)8-14)4-5-11(12)15-2/h3-5,7,10,14H,1,6,8,13H2,2H3/t10-/m1/s1. The third-order valence-electron chi connectivity index (χ3n) is 2.17. The predicted octanol–water partition coefficient (Wildman–Crippen LogP) is 1.25. The lowest BCUT2D eigenvalue weighted by molar-refractivity contribution is 0.267. The van der Waals surface area contributed by atoms with Crippen LogP contribution in [0, 0.1) is 0 Å². The van der Waals surface area contributed by atoms with Gasteiger partial charge in [0, 0.05) is 0 Å². The highest BCUT2D eigenvalue weighted by Crippen LogP contribution is 2.29. The summed E-state index contributed by atoms with van der Waals surface area (Å²) >= 11 is 0. The van der Waals surface area contributed by atoms with Crippen LogP contribution in [0.2, 0.25) is 0 Å². The van der Waals surface area contributed by atoms with E-state index in [1.165, 1.54) is 0 Å². The van der Waals surface area contributed by atoms with Gasteiger partial charge >= 0.3 is 0 Å². The van der Waals surface area contributed by atoms with Crippen molar-refractivity contribution in [1.82, 2.24) is 0 Å². The summed E-state index contributed by atoms with van der Waals surface area (Å²) in [5.74, 6) is 1.24. The second kappa shape index (κ2) is 6.15. The van der Waals surface area contributed by atoms with Gasteiger partial charge in [0.1, 0.15) is 6.61 Å². The number of aliphatic hydroxyl groups is 1. The Morgan fingerprint density at radius 1 is 1.50 bits per heavy atom. The van der Waals surface area contributed by atoms with Gasteiger partial charge in [-0.05, 0) is 17.7 Å². The molecular weight excluding hydrogens is 206 g/mol. The van der Waals surface area contributed by atoms with Crippen LogP contribution in [-0.4, -0.2) is 25.4 Å². The van der Waals surface area contributed by atoms with E-state index in [4.69, 9.17) is 20.3 Å². The van der Waals surface area contributed by atoms with E-state index in [1.54, 1.807) is 31.4 Å². The first-order valence-corrected chi connectivity index (χ1v) is 5.01. The summed E-state index contributed by atoms with van der Waals surface area (Å²) < 4.78 is 10.6. The third kappa shape index (κ3) is 2.98. The lowest BCUT2D eigenvalue weighted by atomic mass is 10.1. The van der Waals surface area contributed by atoms with Crippen LogP contribution in [0.4, 0.5) is 0 Å². The third-order valence-corrected chi connectivity index (χ3v) is 2.17. The minimum absolute atomic E-state index is 0.104. The fourth-order valence-corrected chi connectivity index (χ4v) is 1.29. The average molecular weight is 223 g/mol. The summed E-state index contributed by atoms with van der Waals surface area (Å²) in [4.78, 5) is 0. The van der Waals surface area contributed by atoms with Crippen molar-refractivity contribution in [2.24, 2.45) is 5.73 Å². The molecule has 0 saturated heterocycles. The molecule has 0 spiro atoms. The Labute approximate surface area is 95.3 Å². The SMILES string of the molecule is C=CCOc1cc([C@H](N)CO)ccc1OC. The summed E-state index contributed by atoms with van der Waals surface area (Å²) in [6.45, 7) is 3.87. The lowest BCUT2D eigenvalue weighted by Crippen LogP contribution is -2.14. The molecule has 0 saturated carbocycles. The molecule has 0 aliphatic rings. The van der Waals surface area contributed by atoms with E-state index in [0.29, 0.717) is 18.1 Å². The van der Waals surface area contributed by atoms with Crippen LogP contribution in [-0.2, 0) is 0 Å². The fourth-order valence-electron chi connectivity index (χ4n) is 1.29. The van der Waals surface area contributed by atoms with E-state index in [-0.39, 0.29) is 6.61 Å². The molecule has 1 rings (SSSR count). The number of hydrogen-bond acceptors (Lipinski definition) is 4. The molecule has 1 atom stereocenters. The largest absolute Gasteiger partial charge is 0.493 e. The Morgan fingerprint density at radius 2 is 2.25 bits per heavy atom. The van der Waals surface area contributed by atoms with Gasteiger partial charge in [-0.25, -0.2) is 0 Å². The van der Waals surface area contributed by atoms with Crippen LogP contribution in [0.3, 0.4) is 0 Å². The minimum Gasteiger partial charge on any atom is -0.493 e. The second-order valence-corrected chi connectivity index (χ2v) is 3.30. The van der Waals surface area contributed by atoms with Crippen LogP contribution < -0.4 is 15.2 Å². The van der Waals surface area contributed by atoms with Gasteiger partial charge in [0.25, 0.3) is 0 Å². The number of hydrogen-bond donors (Lipinski definition) is 2. The summed E-state index contributed by atoms with van der Waals surface area (Å²) in [6, 6.07) is 4.93. The van der Waals surface area contributed by atoms with Crippen molar-refractivity contribution < 1.29 is 14.6 Å². The topological polar surface area (TPSA) is 64.7 Å². The maximum atomic E-state index is 8.97. The van der Waals surface area contributed by atoms with Crippen LogP contribution in [0.15, 0.2) is 30.9 Å². The summed E-state index contributed by atoms with van der Waals surface area (Å²) in [5, 5.41) is 8.97. The van der Waals surface area contributed by atoms with Gasteiger partial charge in [0.15, 0.2) is 11.5 Å². The maximum absolute atomic E-state index is 8.97. The summed E-state index contributed by atoms with van der Waals surface area (Å²) in [6.07, 6.45) is 1.65. The van der Waals surface area contributed by atoms with E-state index in [9.17, 15) is 0 Å². The molecule has 0 fully saturated rings. The van der Waals surface area contributed by atoms with E-state index in [2.05, 4.69) is 6.58 Å². The molecule has 0 amide bonds. The van der Waals surface area contributed by atoms with Crippen molar-refractivity contribution in [2.45, 2.75) is 6.04 Å². The van der Waals surface area contributed by atoms with Crippen molar-refractivity contribution >= 4 is 0 Å². The van der Waals surface area contributed by atoms with Gasteiger partial charge in [-0.15, -0.1) is 0 Å². The van der Waals surface area contributed by atoms with Crippen LogP contribution in [0.25, 0.3) is 0 Å². The van der Waals surface area contributed by atoms with E-state index in [1.807, 2.05) is 0 Å². The summed E-state index contributed by atoms with van der Waals surface area (Å²) in [7, 11) is 1.57. The van der Waals surface area contributed by atoms with Gasteiger partial charge < -0.3 is 20.3 Å². The molecule has 0 heterocycles. The van der Waals surface area contributed by atoms with Crippen molar-refractivity contribution in [2.75, 3.05) is 20.3 Å². The molecule has 88 valence electrons. The molecule has 0 bridgehead atoms. The Balaban J connectivity index is 2.95. The molecule has 0 aliphatic heterocycles. The number of rotatable bonds is 6.